The minimum atomic E-state index is 0.601. The quantitative estimate of drug-likeness (QED) is 0.552. The fourth-order valence-corrected chi connectivity index (χ4v) is 1.84. The van der Waals surface area contributed by atoms with E-state index in [1.165, 1.54) is 0 Å². The molecule has 1 N–H and O–H groups in total. The molecule has 0 aliphatic rings. The van der Waals surface area contributed by atoms with Crippen LogP contribution >= 0.6 is 11.6 Å². The SMILES string of the molecule is C=CCNCc1cc(OCC)c(OCCC)cc1Cl. The van der Waals surface area contributed by atoms with Gasteiger partial charge in [0.25, 0.3) is 0 Å². The van der Waals surface area contributed by atoms with E-state index in [1.807, 2.05) is 25.1 Å². The molecule has 0 unspecified atom stereocenters. The van der Waals surface area contributed by atoms with Crippen molar-refractivity contribution in [2.24, 2.45) is 0 Å². The Morgan fingerprint density at radius 1 is 1.26 bits per heavy atom. The van der Waals surface area contributed by atoms with Crippen LogP contribution in [0.5, 0.6) is 11.5 Å². The number of rotatable bonds is 9. The van der Waals surface area contributed by atoms with Gasteiger partial charge >= 0.3 is 0 Å². The molecule has 0 fully saturated rings. The zero-order chi connectivity index (χ0) is 14.1. The molecular weight excluding hydrogens is 262 g/mol. The first-order valence-corrected chi connectivity index (χ1v) is 7.00. The Bertz CT molecular complexity index is 407. The molecule has 0 atom stereocenters. The molecule has 1 aromatic carbocycles. The highest BCUT2D eigenvalue weighted by Crippen LogP contribution is 2.33. The Morgan fingerprint density at radius 3 is 2.63 bits per heavy atom. The third-order valence-corrected chi connectivity index (χ3v) is 2.83. The maximum atomic E-state index is 6.26. The van der Waals surface area contributed by atoms with Gasteiger partial charge in [0.15, 0.2) is 11.5 Å². The highest BCUT2D eigenvalue weighted by molar-refractivity contribution is 6.31. The van der Waals surface area contributed by atoms with Gasteiger partial charge in [0.1, 0.15) is 0 Å². The maximum Gasteiger partial charge on any atom is 0.162 e. The third kappa shape index (κ3) is 5.13. The lowest BCUT2D eigenvalue weighted by atomic mass is 10.2. The molecule has 19 heavy (non-hydrogen) atoms. The molecule has 4 heteroatoms. The van der Waals surface area contributed by atoms with Crippen LogP contribution in [-0.2, 0) is 6.54 Å². The summed E-state index contributed by atoms with van der Waals surface area (Å²) in [5.41, 5.74) is 0.996. The van der Waals surface area contributed by atoms with E-state index in [2.05, 4.69) is 18.8 Å². The molecule has 106 valence electrons. The molecule has 1 aromatic rings. The van der Waals surface area contributed by atoms with E-state index in [1.54, 1.807) is 0 Å². The van der Waals surface area contributed by atoms with Gasteiger partial charge in [0.05, 0.1) is 13.2 Å². The van der Waals surface area contributed by atoms with Crippen LogP contribution in [0, 0.1) is 0 Å². The number of ether oxygens (including phenoxy) is 2. The van der Waals surface area contributed by atoms with Crippen molar-refractivity contribution in [3.63, 3.8) is 0 Å². The molecule has 0 amide bonds. The summed E-state index contributed by atoms with van der Waals surface area (Å²) in [4.78, 5) is 0. The van der Waals surface area contributed by atoms with Crippen LogP contribution in [0.4, 0.5) is 0 Å². The summed E-state index contributed by atoms with van der Waals surface area (Å²) in [5.74, 6) is 1.46. The smallest absolute Gasteiger partial charge is 0.162 e. The topological polar surface area (TPSA) is 30.5 Å². The fraction of sp³-hybridized carbons (Fsp3) is 0.467. The first-order chi connectivity index (χ1) is 9.22. The monoisotopic (exact) mass is 283 g/mol. The van der Waals surface area contributed by atoms with Crippen molar-refractivity contribution < 1.29 is 9.47 Å². The molecule has 0 bridgehead atoms. The van der Waals surface area contributed by atoms with Crippen LogP contribution in [0.25, 0.3) is 0 Å². The number of halogens is 1. The molecule has 0 saturated heterocycles. The van der Waals surface area contributed by atoms with Gasteiger partial charge in [-0.15, -0.1) is 6.58 Å². The van der Waals surface area contributed by atoms with E-state index >= 15 is 0 Å². The van der Waals surface area contributed by atoms with Crippen molar-refractivity contribution in [2.75, 3.05) is 19.8 Å². The van der Waals surface area contributed by atoms with Crippen molar-refractivity contribution >= 4 is 11.6 Å². The first kappa shape index (κ1) is 15.9. The normalized spacial score (nSPS) is 10.3. The van der Waals surface area contributed by atoms with Gasteiger partial charge in [-0.05, 0) is 25.0 Å². The van der Waals surface area contributed by atoms with E-state index in [9.17, 15) is 0 Å². The largest absolute Gasteiger partial charge is 0.490 e. The summed E-state index contributed by atoms with van der Waals surface area (Å²) in [6.07, 6.45) is 2.77. The van der Waals surface area contributed by atoms with Crippen molar-refractivity contribution in [3.8, 4) is 11.5 Å². The van der Waals surface area contributed by atoms with Crippen LogP contribution < -0.4 is 14.8 Å². The Morgan fingerprint density at radius 2 is 2.00 bits per heavy atom. The Balaban J connectivity index is 2.88. The number of hydrogen-bond donors (Lipinski definition) is 1. The highest BCUT2D eigenvalue weighted by Gasteiger charge is 2.10. The van der Waals surface area contributed by atoms with E-state index in [0.717, 1.165) is 24.3 Å². The summed E-state index contributed by atoms with van der Waals surface area (Å²) < 4.78 is 11.3. The van der Waals surface area contributed by atoms with E-state index in [0.29, 0.717) is 30.5 Å². The van der Waals surface area contributed by atoms with Gasteiger partial charge in [-0.25, -0.2) is 0 Å². The van der Waals surface area contributed by atoms with Gasteiger partial charge in [0.2, 0.25) is 0 Å². The Labute approximate surface area is 120 Å². The van der Waals surface area contributed by atoms with Gasteiger partial charge in [-0.2, -0.15) is 0 Å². The molecule has 0 aromatic heterocycles. The summed E-state index contributed by atoms with van der Waals surface area (Å²) in [5, 5.41) is 3.91. The average Bonchev–Trinajstić information content (AvgIpc) is 2.40. The molecule has 0 saturated carbocycles. The predicted octanol–water partition coefficient (Wildman–Crippen LogP) is 3.80. The number of hydrogen-bond acceptors (Lipinski definition) is 3. The standard InChI is InChI=1S/C15H22ClNO2/c1-4-7-17-11-12-9-14(18-6-3)15(10-13(12)16)19-8-5-2/h4,9-10,17H,1,5-8,11H2,2-3H3. The second-order valence-corrected chi connectivity index (χ2v) is 4.50. The van der Waals surface area contributed by atoms with Crippen LogP contribution in [0.3, 0.4) is 0 Å². The molecule has 1 rings (SSSR count). The van der Waals surface area contributed by atoms with Crippen molar-refractivity contribution in [1.82, 2.24) is 5.32 Å². The average molecular weight is 284 g/mol. The number of nitrogens with one attached hydrogen (secondary N) is 1. The summed E-state index contributed by atoms with van der Waals surface area (Å²) in [6, 6.07) is 3.76. The van der Waals surface area contributed by atoms with Crippen molar-refractivity contribution in [2.45, 2.75) is 26.8 Å². The van der Waals surface area contributed by atoms with E-state index in [4.69, 9.17) is 21.1 Å². The molecule has 0 heterocycles. The minimum Gasteiger partial charge on any atom is -0.490 e. The molecule has 0 spiro atoms. The highest BCUT2D eigenvalue weighted by atomic mass is 35.5. The van der Waals surface area contributed by atoms with Crippen LogP contribution in [-0.4, -0.2) is 19.8 Å². The molecule has 3 nitrogen and oxygen atoms in total. The van der Waals surface area contributed by atoms with Gasteiger partial charge in [-0.1, -0.05) is 24.6 Å². The zero-order valence-electron chi connectivity index (χ0n) is 11.7. The Kier molecular flexibility index (Phi) is 7.38. The second-order valence-electron chi connectivity index (χ2n) is 4.09. The minimum absolute atomic E-state index is 0.601. The second kappa shape index (κ2) is 8.83. The van der Waals surface area contributed by atoms with Crippen molar-refractivity contribution in [3.05, 3.63) is 35.4 Å². The third-order valence-electron chi connectivity index (χ3n) is 2.48. The van der Waals surface area contributed by atoms with Gasteiger partial charge in [0, 0.05) is 24.2 Å². The lowest BCUT2D eigenvalue weighted by Gasteiger charge is -2.14. The fourth-order valence-electron chi connectivity index (χ4n) is 1.61. The van der Waals surface area contributed by atoms with Crippen LogP contribution in [0.15, 0.2) is 24.8 Å². The van der Waals surface area contributed by atoms with E-state index in [-0.39, 0.29) is 0 Å². The Hall–Kier alpha value is -1.19. The van der Waals surface area contributed by atoms with Gasteiger partial charge in [-0.3, -0.25) is 0 Å². The summed E-state index contributed by atoms with van der Waals surface area (Å²) in [6.45, 7) is 10.4. The molecule has 0 radical (unpaired) electrons. The molecule has 0 aliphatic heterocycles. The van der Waals surface area contributed by atoms with Gasteiger partial charge < -0.3 is 14.8 Å². The predicted molar refractivity (Wildman–Crippen MR) is 80.3 cm³/mol. The first-order valence-electron chi connectivity index (χ1n) is 6.62. The molecule has 0 aliphatic carbocycles. The lowest BCUT2D eigenvalue weighted by molar-refractivity contribution is 0.276. The number of benzene rings is 1. The van der Waals surface area contributed by atoms with Crippen molar-refractivity contribution in [1.29, 1.82) is 0 Å². The summed E-state index contributed by atoms with van der Waals surface area (Å²) >= 11 is 6.26. The van der Waals surface area contributed by atoms with Crippen LogP contribution in [0.2, 0.25) is 5.02 Å². The maximum absolute atomic E-state index is 6.26. The summed E-state index contributed by atoms with van der Waals surface area (Å²) in [7, 11) is 0. The molecular formula is C15H22ClNO2. The lowest BCUT2D eigenvalue weighted by Crippen LogP contribution is -2.13. The van der Waals surface area contributed by atoms with Crippen LogP contribution in [0.1, 0.15) is 25.8 Å². The van der Waals surface area contributed by atoms with E-state index < -0.39 is 0 Å². The zero-order valence-corrected chi connectivity index (χ0v) is 12.4.